The van der Waals surface area contributed by atoms with E-state index in [2.05, 4.69) is 29.1 Å². The molecule has 1 saturated carbocycles. The molecule has 4 rings (SSSR count). The summed E-state index contributed by atoms with van der Waals surface area (Å²) < 4.78 is 0. The molecule has 1 aromatic heterocycles. The van der Waals surface area contributed by atoms with Crippen LogP contribution < -0.4 is 5.32 Å². The van der Waals surface area contributed by atoms with Crippen molar-refractivity contribution in [2.75, 3.05) is 13.1 Å². The molecule has 2 heterocycles. The van der Waals surface area contributed by atoms with E-state index in [1.165, 1.54) is 0 Å². The molecule has 1 unspecified atom stereocenters. The monoisotopic (exact) mass is 384 g/mol. The quantitative estimate of drug-likeness (QED) is 0.879. The largest absolute Gasteiger partial charge is 0.350 e. The van der Waals surface area contributed by atoms with Gasteiger partial charge in [-0.3, -0.25) is 9.59 Å². The van der Waals surface area contributed by atoms with E-state index in [0.717, 1.165) is 12.0 Å². The Morgan fingerprint density at radius 1 is 1.19 bits per heavy atom. The van der Waals surface area contributed by atoms with Crippen LogP contribution in [0.5, 0.6) is 0 Å². The van der Waals surface area contributed by atoms with Crippen LogP contribution in [-0.2, 0) is 4.79 Å². The number of halogens is 1. The highest BCUT2D eigenvalue weighted by atomic mass is 35.5. The van der Waals surface area contributed by atoms with Gasteiger partial charge in [-0.25, -0.2) is 9.97 Å². The molecule has 1 aliphatic heterocycles. The second-order valence-electron chi connectivity index (χ2n) is 7.93. The molecule has 2 aromatic rings. The number of aromatic nitrogens is 2. The summed E-state index contributed by atoms with van der Waals surface area (Å²) in [6.07, 6.45) is 2.51. The van der Waals surface area contributed by atoms with Crippen LogP contribution in [0, 0.1) is 11.3 Å². The third-order valence-electron chi connectivity index (χ3n) is 5.32. The molecule has 1 aromatic carbocycles. The van der Waals surface area contributed by atoms with E-state index in [1.807, 2.05) is 12.1 Å². The molecule has 2 amide bonds. The van der Waals surface area contributed by atoms with Gasteiger partial charge < -0.3 is 10.2 Å². The van der Waals surface area contributed by atoms with Crippen molar-refractivity contribution in [2.45, 2.75) is 26.3 Å². The molecule has 0 bridgehead atoms. The van der Waals surface area contributed by atoms with E-state index in [0.29, 0.717) is 29.6 Å². The minimum Gasteiger partial charge on any atom is -0.350 e. The number of benzene rings is 1. The van der Waals surface area contributed by atoms with Gasteiger partial charge in [-0.15, -0.1) is 0 Å². The van der Waals surface area contributed by atoms with E-state index in [4.69, 9.17) is 11.6 Å². The van der Waals surface area contributed by atoms with Gasteiger partial charge in [-0.1, -0.05) is 25.4 Å². The summed E-state index contributed by atoms with van der Waals surface area (Å²) in [6, 6.07) is 8.80. The minimum atomic E-state index is -0.148. The van der Waals surface area contributed by atoms with E-state index in [-0.39, 0.29) is 29.2 Å². The number of nitrogens with one attached hydrogen (secondary N) is 1. The van der Waals surface area contributed by atoms with Gasteiger partial charge in [0.2, 0.25) is 5.91 Å². The van der Waals surface area contributed by atoms with Gasteiger partial charge in [0.1, 0.15) is 5.69 Å². The third kappa shape index (κ3) is 3.67. The number of hydrogen-bond acceptors (Lipinski definition) is 4. The van der Waals surface area contributed by atoms with Gasteiger partial charge >= 0.3 is 0 Å². The van der Waals surface area contributed by atoms with E-state index >= 15 is 0 Å². The van der Waals surface area contributed by atoms with Crippen molar-refractivity contribution in [3.8, 4) is 11.4 Å². The van der Waals surface area contributed by atoms with Gasteiger partial charge in [-0.2, -0.15) is 0 Å². The molecule has 1 aliphatic carbocycles. The van der Waals surface area contributed by atoms with Crippen LogP contribution in [0.15, 0.2) is 36.5 Å². The molecule has 2 aliphatic rings. The SMILES string of the molecule is CC1(C)CC1C(=O)NC1CN(C(=O)c2ccnc(-c3ccc(Cl)cc3)n2)C1. The van der Waals surface area contributed by atoms with E-state index < -0.39 is 0 Å². The Morgan fingerprint density at radius 2 is 1.85 bits per heavy atom. The second-order valence-corrected chi connectivity index (χ2v) is 8.37. The van der Waals surface area contributed by atoms with Crippen molar-refractivity contribution < 1.29 is 9.59 Å². The van der Waals surface area contributed by atoms with Crippen LogP contribution in [0.4, 0.5) is 0 Å². The van der Waals surface area contributed by atoms with Crippen LogP contribution in [0.25, 0.3) is 11.4 Å². The highest BCUT2D eigenvalue weighted by Crippen LogP contribution is 2.51. The number of carbonyl (C=O) groups is 2. The van der Waals surface area contributed by atoms with Gasteiger partial charge in [-0.05, 0) is 42.2 Å². The number of likely N-dealkylation sites (tertiary alicyclic amines) is 1. The summed E-state index contributed by atoms with van der Waals surface area (Å²) in [5.74, 6) is 0.541. The number of amides is 2. The molecular weight excluding hydrogens is 364 g/mol. The number of nitrogens with zero attached hydrogens (tertiary/aromatic N) is 3. The third-order valence-corrected chi connectivity index (χ3v) is 5.57. The average molecular weight is 385 g/mol. The highest BCUT2D eigenvalue weighted by molar-refractivity contribution is 6.30. The highest BCUT2D eigenvalue weighted by Gasteiger charge is 2.51. The summed E-state index contributed by atoms with van der Waals surface area (Å²) in [5.41, 5.74) is 1.26. The fraction of sp³-hybridized carbons (Fsp3) is 0.400. The van der Waals surface area contributed by atoms with Gasteiger partial charge in [0.05, 0.1) is 6.04 Å². The van der Waals surface area contributed by atoms with Gasteiger partial charge in [0.25, 0.3) is 5.91 Å². The van der Waals surface area contributed by atoms with Crippen LogP contribution in [-0.4, -0.2) is 45.8 Å². The maximum atomic E-state index is 12.6. The molecule has 1 saturated heterocycles. The van der Waals surface area contributed by atoms with Crippen LogP contribution in [0.2, 0.25) is 5.02 Å². The molecule has 1 atom stereocenters. The maximum absolute atomic E-state index is 12.6. The van der Waals surface area contributed by atoms with Crippen molar-refractivity contribution in [3.63, 3.8) is 0 Å². The van der Waals surface area contributed by atoms with Crippen LogP contribution >= 0.6 is 11.6 Å². The van der Waals surface area contributed by atoms with Crippen molar-refractivity contribution in [3.05, 3.63) is 47.2 Å². The molecule has 1 N–H and O–H groups in total. The zero-order valence-corrected chi connectivity index (χ0v) is 16.0. The Kier molecular flexibility index (Phi) is 4.38. The topological polar surface area (TPSA) is 75.2 Å². The predicted octanol–water partition coefficient (Wildman–Crippen LogP) is 2.78. The lowest BCUT2D eigenvalue weighted by Gasteiger charge is -2.39. The first kappa shape index (κ1) is 17.9. The Balaban J connectivity index is 1.36. The Labute approximate surface area is 163 Å². The molecule has 7 heteroatoms. The standard InChI is InChI=1S/C20H21ClN4O2/c1-20(2)9-15(20)18(26)23-14-10-25(11-14)19(27)16-7-8-22-17(24-16)12-3-5-13(21)6-4-12/h3-8,14-15H,9-11H2,1-2H3,(H,23,26). The number of rotatable bonds is 4. The summed E-state index contributed by atoms with van der Waals surface area (Å²) in [7, 11) is 0. The van der Waals surface area contributed by atoms with E-state index in [1.54, 1.807) is 29.3 Å². The number of hydrogen-bond donors (Lipinski definition) is 1. The second kappa shape index (κ2) is 6.60. The van der Waals surface area contributed by atoms with Crippen LogP contribution in [0.3, 0.4) is 0 Å². The maximum Gasteiger partial charge on any atom is 0.272 e. The lowest BCUT2D eigenvalue weighted by atomic mass is 10.1. The van der Waals surface area contributed by atoms with Crippen LogP contribution in [0.1, 0.15) is 30.8 Å². The lowest BCUT2D eigenvalue weighted by molar-refractivity contribution is -0.124. The normalized spacial score (nSPS) is 20.7. The molecule has 2 fully saturated rings. The van der Waals surface area contributed by atoms with Crippen molar-refractivity contribution in [1.29, 1.82) is 0 Å². The van der Waals surface area contributed by atoms with E-state index in [9.17, 15) is 9.59 Å². The first-order valence-electron chi connectivity index (χ1n) is 9.02. The Hall–Kier alpha value is -2.47. The number of carbonyl (C=O) groups excluding carboxylic acids is 2. The molecular formula is C20H21ClN4O2. The molecule has 140 valence electrons. The molecule has 0 spiro atoms. The predicted molar refractivity (Wildman–Crippen MR) is 102 cm³/mol. The summed E-state index contributed by atoms with van der Waals surface area (Å²) in [5, 5.41) is 3.67. The van der Waals surface area contributed by atoms with Gasteiger partial charge in [0.15, 0.2) is 5.82 Å². The molecule has 0 radical (unpaired) electrons. The Morgan fingerprint density at radius 3 is 2.48 bits per heavy atom. The fourth-order valence-electron chi connectivity index (χ4n) is 3.33. The lowest BCUT2D eigenvalue weighted by Crippen LogP contribution is -2.61. The average Bonchev–Trinajstić information content (AvgIpc) is 3.26. The van der Waals surface area contributed by atoms with Crippen molar-refractivity contribution in [1.82, 2.24) is 20.2 Å². The summed E-state index contributed by atoms with van der Waals surface area (Å²) >= 11 is 5.91. The Bertz CT molecular complexity index is 891. The molecule has 27 heavy (non-hydrogen) atoms. The smallest absolute Gasteiger partial charge is 0.272 e. The molecule has 6 nitrogen and oxygen atoms in total. The zero-order chi connectivity index (χ0) is 19.2. The summed E-state index contributed by atoms with van der Waals surface area (Å²) in [6.45, 7) is 5.22. The first-order valence-corrected chi connectivity index (χ1v) is 9.40. The summed E-state index contributed by atoms with van der Waals surface area (Å²) in [4.78, 5) is 35.1. The minimum absolute atomic E-state index is 0.0235. The van der Waals surface area contributed by atoms with Crippen molar-refractivity contribution in [2.24, 2.45) is 11.3 Å². The van der Waals surface area contributed by atoms with Crippen molar-refractivity contribution >= 4 is 23.4 Å². The fourth-order valence-corrected chi connectivity index (χ4v) is 3.46. The van der Waals surface area contributed by atoms with Gasteiger partial charge in [0, 0.05) is 35.8 Å². The first-order chi connectivity index (χ1) is 12.8. The zero-order valence-electron chi connectivity index (χ0n) is 15.3.